The molecule has 0 amide bonds. The van der Waals surface area contributed by atoms with E-state index in [1.807, 2.05) is 13.8 Å². The van der Waals surface area contributed by atoms with Crippen LogP contribution in [0.1, 0.15) is 71.9 Å². The minimum atomic E-state index is 0.421. The minimum absolute atomic E-state index is 0.421. The summed E-state index contributed by atoms with van der Waals surface area (Å²) in [7, 11) is 0. The van der Waals surface area contributed by atoms with Gasteiger partial charge in [-0.15, -0.1) is 0 Å². The van der Waals surface area contributed by atoms with Crippen LogP contribution in [0.4, 0.5) is 0 Å². The van der Waals surface area contributed by atoms with Crippen LogP contribution in [-0.4, -0.2) is 0 Å². The molecule has 0 aliphatic heterocycles. The normalized spacial score (nSPS) is 34.3. The van der Waals surface area contributed by atoms with E-state index in [0.29, 0.717) is 10.8 Å². The number of hydrogen-bond donors (Lipinski definition) is 0. The highest BCUT2D eigenvalue weighted by atomic mass is 14.6. The quantitative estimate of drug-likeness (QED) is 0.544. The van der Waals surface area contributed by atoms with E-state index in [1.54, 1.807) is 11.1 Å². The molecule has 2 aliphatic carbocycles. The van der Waals surface area contributed by atoms with Crippen LogP contribution in [0.15, 0.2) is 24.3 Å². The molecule has 1 aromatic carbocycles. The maximum absolute atomic E-state index is 2.53. The van der Waals surface area contributed by atoms with Crippen molar-refractivity contribution >= 4 is 0 Å². The Bertz CT molecular complexity index is 457. The Balaban J connectivity index is 0.000000704. The largest absolute Gasteiger partial charge is 0.0683 e. The van der Waals surface area contributed by atoms with Crippen molar-refractivity contribution in [1.82, 2.24) is 0 Å². The fraction of sp³-hybridized carbons (Fsp3) is 0.700. The fourth-order valence-corrected chi connectivity index (χ4v) is 4.84. The Morgan fingerprint density at radius 1 is 1.00 bits per heavy atom. The summed E-state index contributed by atoms with van der Waals surface area (Å²) in [6, 6.07) is 9.19. The van der Waals surface area contributed by atoms with Gasteiger partial charge in [0.1, 0.15) is 0 Å². The zero-order valence-corrected chi connectivity index (χ0v) is 14.3. The molecule has 112 valence electrons. The van der Waals surface area contributed by atoms with Crippen molar-refractivity contribution in [2.24, 2.45) is 17.3 Å². The Morgan fingerprint density at radius 2 is 1.65 bits per heavy atom. The summed E-state index contributed by atoms with van der Waals surface area (Å²) in [5, 5.41) is 0. The second kappa shape index (κ2) is 5.54. The van der Waals surface area contributed by atoms with Gasteiger partial charge in [-0.05, 0) is 59.5 Å². The smallest absolute Gasteiger partial charge is 0.00389 e. The highest BCUT2D eigenvalue weighted by molar-refractivity contribution is 5.38. The van der Waals surface area contributed by atoms with Gasteiger partial charge in [0.25, 0.3) is 0 Å². The highest BCUT2D eigenvalue weighted by Crippen LogP contribution is 2.58. The van der Waals surface area contributed by atoms with Gasteiger partial charge in [0.05, 0.1) is 0 Å². The molecule has 0 nitrogen and oxygen atoms in total. The molecular weight excluding hydrogens is 240 g/mol. The van der Waals surface area contributed by atoms with Crippen molar-refractivity contribution in [1.29, 1.82) is 0 Å². The topological polar surface area (TPSA) is 0 Å². The first kappa shape index (κ1) is 15.6. The molecule has 3 unspecified atom stereocenters. The van der Waals surface area contributed by atoms with Crippen molar-refractivity contribution in [3.8, 4) is 0 Å². The predicted molar refractivity (Wildman–Crippen MR) is 89.1 cm³/mol. The molecule has 0 radical (unpaired) electrons. The molecule has 0 heteroatoms. The average molecular weight is 272 g/mol. The average Bonchev–Trinajstić information content (AvgIpc) is 2.46. The summed E-state index contributed by atoms with van der Waals surface area (Å²) in [4.78, 5) is 0. The molecule has 0 bridgehead atoms. The van der Waals surface area contributed by atoms with Crippen LogP contribution in [-0.2, 0) is 11.8 Å². The maximum atomic E-state index is 2.53. The van der Waals surface area contributed by atoms with Crippen LogP contribution < -0.4 is 0 Å². The van der Waals surface area contributed by atoms with Gasteiger partial charge in [0, 0.05) is 0 Å². The van der Waals surface area contributed by atoms with Gasteiger partial charge in [-0.3, -0.25) is 0 Å². The SMILES string of the molecule is CC.CC1CCC2(C)c3ccccc3CCC2C1(C)C. The van der Waals surface area contributed by atoms with E-state index in [1.165, 1.54) is 25.7 Å². The summed E-state index contributed by atoms with van der Waals surface area (Å²) in [6.07, 6.45) is 5.42. The summed E-state index contributed by atoms with van der Waals surface area (Å²) >= 11 is 0. The highest BCUT2D eigenvalue weighted by Gasteiger charge is 2.52. The predicted octanol–water partition coefficient (Wildman–Crippen LogP) is 5.99. The van der Waals surface area contributed by atoms with Crippen LogP contribution in [0.5, 0.6) is 0 Å². The standard InChI is InChI=1S/C18H26.C2H6/c1-13-11-12-18(4)15-8-6-5-7-14(15)9-10-16(18)17(13,2)3;1-2/h5-8,13,16H,9-12H2,1-4H3;1-2H3. The Labute approximate surface area is 126 Å². The summed E-state index contributed by atoms with van der Waals surface area (Å²) in [6.45, 7) is 14.0. The molecule has 2 aliphatic rings. The molecule has 0 saturated heterocycles. The Morgan fingerprint density at radius 3 is 2.35 bits per heavy atom. The van der Waals surface area contributed by atoms with Crippen LogP contribution in [0.2, 0.25) is 0 Å². The monoisotopic (exact) mass is 272 g/mol. The molecule has 0 aromatic heterocycles. The van der Waals surface area contributed by atoms with E-state index in [4.69, 9.17) is 0 Å². The van der Waals surface area contributed by atoms with Crippen LogP contribution in [0, 0.1) is 17.3 Å². The van der Waals surface area contributed by atoms with Crippen LogP contribution >= 0.6 is 0 Å². The molecule has 0 spiro atoms. The lowest BCUT2D eigenvalue weighted by Crippen LogP contribution is -2.51. The fourth-order valence-electron chi connectivity index (χ4n) is 4.84. The number of rotatable bonds is 0. The van der Waals surface area contributed by atoms with Gasteiger partial charge in [-0.2, -0.15) is 0 Å². The van der Waals surface area contributed by atoms with Gasteiger partial charge in [0.15, 0.2) is 0 Å². The molecule has 1 saturated carbocycles. The van der Waals surface area contributed by atoms with Gasteiger partial charge in [0.2, 0.25) is 0 Å². The van der Waals surface area contributed by atoms with Crippen molar-refractivity contribution in [3.63, 3.8) is 0 Å². The molecule has 3 atom stereocenters. The van der Waals surface area contributed by atoms with E-state index < -0.39 is 0 Å². The third-order valence-electron chi connectivity index (χ3n) is 6.37. The van der Waals surface area contributed by atoms with Crippen LogP contribution in [0.3, 0.4) is 0 Å². The lowest BCUT2D eigenvalue weighted by Gasteiger charge is -2.57. The third kappa shape index (κ3) is 2.22. The molecule has 1 aromatic rings. The molecule has 20 heavy (non-hydrogen) atoms. The maximum Gasteiger partial charge on any atom is -0.00389 e. The summed E-state index contributed by atoms with van der Waals surface area (Å²) < 4.78 is 0. The van der Waals surface area contributed by atoms with Gasteiger partial charge >= 0.3 is 0 Å². The summed E-state index contributed by atoms with van der Waals surface area (Å²) in [5.41, 5.74) is 4.17. The van der Waals surface area contributed by atoms with Crippen molar-refractivity contribution in [2.75, 3.05) is 0 Å². The molecule has 0 N–H and O–H groups in total. The van der Waals surface area contributed by atoms with Crippen molar-refractivity contribution in [3.05, 3.63) is 35.4 Å². The zero-order valence-electron chi connectivity index (χ0n) is 14.3. The molecule has 1 fully saturated rings. The van der Waals surface area contributed by atoms with Gasteiger partial charge < -0.3 is 0 Å². The molecular formula is C20H32. The Kier molecular flexibility index (Phi) is 4.33. The number of fused-ring (bicyclic) bond motifs is 3. The zero-order chi connectivity index (χ0) is 15.0. The first-order valence-electron chi connectivity index (χ1n) is 8.54. The van der Waals surface area contributed by atoms with E-state index in [9.17, 15) is 0 Å². The molecule has 3 rings (SSSR count). The van der Waals surface area contributed by atoms with Crippen molar-refractivity contribution in [2.45, 2.75) is 72.6 Å². The van der Waals surface area contributed by atoms with E-state index in [2.05, 4.69) is 52.0 Å². The van der Waals surface area contributed by atoms with E-state index in [-0.39, 0.29) is 0 Å². The Hall–Kier alpha value is -0.780. The first-order chi connectivity index (χ1) is 9.46. The second-order valence-electron chi connectivity index (χ2n) is 7.43. The van der Waals surface area contributed by atoms with Crippen LogP contribution in [0.25, 0.3) is 0 Å². The first-order valence-corrected chi connectivity index (χ1v) is 8.54. The number of hydrogen-bond acceptors (Lipinski definition) is 0. The third-order valence-corrected chi connectivity index (χ3v) is 6.37. The lowest BCUT2D eigenvalue weighted by atomic mass is 9.48. The number of benzene rings is 1. The minimum Gasteiger partial charge on any atom is -0.0683 e. The van der Waals surface area contributed by atoms with Crippen molar-refractivity contribution < 1.29 is 0 Å². The van der Waals surface area contributed by atoms with Gasteiger partial charge in [-0.25, -0.2) is 0 Å². The van der Waals surface area contributed by atoms with E-state index in [0.717, 1.165) is 11.8 Å². The summed E-state index contributed by atoms with van der Waals surface area (Å²) in [5.74, 6) is 1.71. The molecule has 0 heterocycles. The number of aryl methyl sites for hydroxylation is 1. The van der Waals surface area contributed by atoms with Gasteiger partial charge in [-0.1, -0.05) is 65.8 Å². The second-order valence-corrected chi connectivity index (χ2v) is 7.43. The lowest BCUT2D eigenvalue weighted by molar-refractivity contribution is -0.00594. The van der Waals surface area contributed by atoms with E-state index >= 15 is 0 Å².